The number of rotatable bonds is 13. The first kappa shape index (κ1) is 53.5. The number of benzene rings is 3. The Morgan fingerprint density at radius 2 is 1.61 bits per heavy atom. The zero-order chi connectivity index (χ0) is 46.8. The van der Waals surface area contributed by atoms with Gasteiger partial charge in [-0.3, -0.25) is 9.69 Å². The number of likely N-dealkylation sites (N-methyl/N-ethyl adjacent to an activating group) is 1. The summed E-state index contributed by atoms with van der Waals surface area (Å²) in [4.78, 5) is 23.6. The third kappa shape index (κ3) is 14.2. The van der Waals surface area contributed by atoms with Crippen LogP contribution in [0.1, 0.15) is 115 Å². The van der Waals surface area contributed by atoms with E-state index in [0.29, 0.717) is 57.4 Å². The highest BCUT2D eigenvalue weighted by Gasteiger charge is 2.30. The molecule has 5 aromatic rings. The highest BCUT2D eigenvalue weighted by molar-refractivity contribution is 7.90. The topological polar surface area (TPSA) is 126 Å². The van der Waals surface area contributed by atoms with Gasteiger partial charge in [0, 0.05) is 54.4 Å². The van der Waals surface area contributed by atoms with E-state index in [2.05, 4.69) is 57.8 Å². The van der Waals surface area contributed by atoms with Gasteiger partial charge in [-0.05, 0) is 105 Å². The zero-order valence-electron chi connectivity index (χ0n) is 39.5. The fourth-order valence-electron chi connectivity index (χ4n) is 6.78. The fourth-order valence-corrected chi connectivity index (χ4v) is 8.41. The Bertz CT molecular complexity index is 2340. The zero-order valence-corrected chi connectivity index (χ0v) is 41.0. The fraction of sp³-hybridized carbons (Fsp3) is 0.429. The van der Waals surface area contributed by atoms with Crippen molar-refractivity contribution in [2.24, 2.45) is 0 Å². The monoisotopic (exact) mass is 885 g/mol. The third-order valence-electron chi connectivity index (χ3n) is 9.87. The summed E-state index contributed by atoms with van der Waals surface area (Å²) in [6.07, 6.45) is 4.12. The second kappa shape index (κ2) is 25.5. The van der Waals surface area contributed by atoms with Gasteiger partial charge < -0.3 is 19.8 Å². The minimum Gasteiger partial charge on any atom is -0.455 e. The molecule has 0 saturated carbocycles. The van der Waals surface area contributed by atoms with Gasteiger partial charge >= 0.3 is 0 Å². The lowest BCUT2D eigenvalue weighted by molar-refractivity contribution is -0.00991. The van der Waals surface area contributed by atoms with E-state index in [0.717, 1.165) is 37.0 Å². The molecule has 10 nitrogen and oxygen atoms in total. The van der Waals surface area contributed by atoms with Crippen LogP contribution in [0.3, 0.4) is 0 Å². The van der Waals surface area contributed by atoms with Gasteiger partial charge in [-0.2, -0.15) is 0 Å². The second-order valence-corrected chi connectivity index (χ2v) is 16.4. The van der Waals surface area contributed by atoms with Gasteiger partial charge in [-0.1, -0.05) is 103 Å². The molecule has 3 N–H and O–H groups in total. The number of carbonyl (C=O) groups is 1. The van der Waals surface area contributed by atoms with Crippen LogP contribution in [0.5, 0.6) is 11.5 Å². The Kier molecular flexibility index (Phi) is 22.0. The molecule has 6 rings (SSSR count). The lowest BCUT2D eigenvalue weighted by atomic mass is 9.87. The number of nitrogens with one attached hydrogen (secondary N) is 3. The molecule has 1 aliphatic rings. The van der Waals surface area contributed by atoms with E-state index in [-0.39, 0.29) is 21.8 Å². The Labute approximate surface area is 378 Å². The molecule has 0 bridgehead atoms. The van der Waals surface area contributed by atoms with Crippen LogP contribution >= 0.6 is 11.6 Å². The molecule has 3 heterocycles. The third-order valence-corrected chi connectivity index (χ3v) is 11.7. The molecule has 1 amide bonds. The summed E-state index contributed by atoms with van der Waals surface area (Å²) in [5, 5.41) is 4.99. The van der Waals surface area contributed by atoms with Crippen molar-refractivity contribution in [2.45, 2.75) is 114 Å². The van der Waals surface area contributed by atoms with Crippen LogP contribution in [-0.2, 0) is 14.8 Å². The van der Waals surface area contributed by atoms with Crippen molar-refractivity contribution >= 4 is 63.1 Å². The molecule has 0 saturated heterocycles. The van der Waals surface area contributed by atoms with E-state index >= 15 is 0 Å². The maximum Gasteiger partial charge on any atom is 0.268 e. The molecule has 0 fully saturated rings. The highest BCUT2D eigenvalue weighted by atomic mass is 35.5. The normalized spacial score (nSPS) is 13.0. The van der Waals surface area contributed by atoms with Crippen LogP contribution in [-0.4, -0.2) is 75.4 Å². The number of hydrogen-bond acceptors (Lipinski definition) is 8. The van der Waals surface area contributed by atoms with Gasteiger partial charge in [0.15, 0.2) is 0 Å². The summed E-state index contributed by atoms with van der Waals surface area (Å²) in [6.45, 7) is 30.9. The van der Waals surface area contributed by atoms with Gasteiger partial charge in [-0.25, -0.2) is 18.1 Å². The molecule has 2 radical (unpaired) electrons. The first-order valence-corrected chi connectivity index (χ1v) is 23.8. The smallest absolute Gasteiger partial charge is 0.268 e. The standard InChI is InChI=1S/C41H45BClN5O5S.4C2H6/c1-7-48(23-30-24-52-41(5,6)21-35(30)28-8-10-31(43)11-9-28)17-16-44-32-12-13-34(37(20-32)53-33-19-29-14-15-45-39(29)46-22-33)40(49)47-54(50,51)38-25(2)18-36(42)26(3)27(38)4;4*1-2/h8-15,18-20,22,44H,7,16-17,21,23-24H2,1-6H3,(H,45,46)(H,47,49);4*1-2H3. The van der Waals surface area contributed by atoms with Gasteiger partial charge in [0.1, 0.15) is 25.0 Å². The molecule has 3 aromatic carbocycles. The molecule has 336 valence electrons. The van der Waals surface area contributed by atoms with Crippen molar-refractivity contribution in [2.75, 3.05) is 38.1 Å². The average Bonchev–Trinajstić information content (AvgIpc) is 3.74. The number of H-pyrrole nitrogens is 1. The van der Waals surface area contributed by atoms with Gasteiger partial charge in [0.25, 0.3) is 15.9 Å². The van der Waals surface area contributed by atoms with Crippen molar-refractivity contribution in [1.29, 1.82) is 0 Å². The average molecular weight is 886 g/mol. The van der Waals surface area contributed by atoms with Crippen molar-refractivity contribution in [1.82, 2.24) is 19.6 Å². The van der Waals surface area contributed by atoms with Crippen molar-refractivity contribution < 1.29 is 22.7 Å². The molecule has 0 aliphatic carbocycles. The quantitative estimate of drug-likeness (QED) is 0.0998. The van der Waals surface area contributed by atoms with Crippen LogP contribution in [0, 0.1) is 20.8 Å². The predicted octanol–water partition coefficient (Wildman–Crippen LogP) is 11.3. The number of amides is 1. The minimum atomic E-state index is -4.27. The Hall–Kier alpha value is -4.62. The summed E-state index contributed by atoms with van der Waals surface area (Å²) in [5.74, 6) is -0.282. The van der Waals surface area contributed by atoms with Gasteiger partial charge in [0.05, 0.1) is 28.9 Å². The van der Waals surface area contributed by atoms with Crippen molar-refractivity contribution in [3.8, 4) is 11.5 Å². The van der Waals surface area contributed by atoms with E-state index in [4.69, 9.17) is 28.9 Å². The highest BCUT2D eigenvalue weighted by Crippen LogP contribution is 2.36. The maximum absolute atomic E-state index is 13.8. The number of halogens is 1. The molecule has 0 spiro atoms. The number of sulfonamides is 1. The largest absolute Gasteiger partial charge is 0.455 e. The molecular weight excluding hydrogens is 817 g/mol. The van der Waals surface area contributed by atoms with Gasteiger partial charge in [-0.15, -0.1) is 0 Å². The summed E-state index contributed by atoms with van der Waals surface area (Å²) < 4.78 is 42.0. The van der Waals surface area contributed by atoms with E-state index in [1.54, 1.807) is 63.5 Å². The molecule has 0 atom stereocenters. The van der Waals surface area contributed by atoms with E-state index in [9.17, 15) is 13.2 Å². The lowest BCUT2D eigenvalue weighted by Crippen LogP contribution is -2.36. The Morgan fingerprint density at radius 3 is 2.26 bits per heavy atom. The van der Waals surface area contributed by atoms with Gasteiger partial charge in [0.2, 0.25) is 0 Å². The summed E-state index contributed by atoms with van der Waals surface area (Å²) in [7, 11) is 1.81. The number of carbonyl (C=O) groups excluding carboxylic acids is 1. The van der Waals surface area contributed by atoms with Crippen molar-refractivity contribution in [3.63, 3.8) is 0 Å². The predicted molar refractivity (Wildman–Crippen MR) is 262 cm³/mol. The number of pyridine rings is 1. The second-order valence-electron chi connectivity index (χ2n) is 14.3. The number of anilines is 1. The number of ether oxygens (including phenoxy) is 2. The summed E-state index contributed by atoms with van der Waals surface area (Å²) in [5.41, 5.74) is 6.88. The van der Waals surface area contributed by atoms with Crippen LogP contribution < -0.4 is 20.2 Å². The molecule has 0 unspecified atom stereocenters. The number of fused-ring (bicyclic) bond motifs is 1. The first-order valence-electron chi connectivity index (χ1n) is 21.9. The van der Waals surface area contributed by atoms with Crippen LogP contribution in [0.25, 0.3) is 16.6 Å². The first-order chi connectivity index (χ1) is 29.6. The SMILES string of the molecule is CC.CC.CC.CC.[B]c1cc(C)c(S(=O)(=O)NC(=O)c2ccc(NCCN(CC)CC3=C(c4ccc(Cl)cc4)CC(C)(C)OC3)cc2Oc2cnc3[nH]ccc3c2)c(C)c1C. The van der Waals surface area contributed by atoms with E-state index in [1.807, 2.05) is 73.6 Å². The van der Waals surface area contributed by atoms with Crippen LogP contribution in [0.15, 0.2) is 83.5 Å². The van der Waals surface area contributed by atoms with Crippen LogP contribution in [0.2, 0.25) is 5.02 Å². The molecule has 62 heavy (non-hydrogen) atoms. The van der Waals surface area contributed by atoms with E-state index in [1.165, 1.54) is 11.1 Å². The number of hydrogen-bond donors (Lipinski definition) is 3. The Balaban J connectivity index is 0.00000156. The molecular formula is C49H69BClN5O5S. The Morgan fingerprint density at radius 1 is 0.952 bits per heavy atom. The minimum absolute atomic E-state index is 0.0189. The summed E-state index contributed by atoms with van der Waals surface area (Å²) >= 11 is 6.20. The lowest BCUT2D eigenvalue weighted by Gasteiger charge is -2.35. The molecule has 1 aliphatic heterocycles. The number of nitrogens with zero attached hydrogens (tertiary/aromatic N) is 2. The van der Waals surface area contributed by atoms with Crippen LogP contribution in [0.4, 0.5) is 5.69 Å². The summed E-state index contributed by atoms with van der Waals surface area (Å²) in [6, 6.07) is 18.2. The molecule has 13 heteroatoms. The van der Waals surface area contributed by atoms with Crippen molar-refractivity contribution in [3.05, 3.63) is 111 Å². The number of aryl methyl sites for hydroxylation is 1. The van der Waals surface area contributed by atoms with E-state index < -0.39 is 15.9 Å². The maximum atomic E-state index is 13.8. The number of aromatic nitrogens is 2. The molecule has 2 aromatic heterocycles. The number of aromatic amines is 1.